The van der Waals surface area contributed by atoms with Crippen molar-refractivity contribution in [2.24, 2.45) is 0 Å². The quantitative estimate of drug-likeness (QED) is 0.413. The van der Waals surface area contributed by atoms with E-state index in [0.717, 1.165) is 15.9 Å². The maximum absolute atomic E-state index is 4.53. The Bertz CT molecular complexity index is 922. The van der Waals surface area contributed by atoms with E-state index >= 15 is 0 Å². The SMILES string of the molecule is Brc1ccn(-c2ccccc2[C](c2ccccc2)c2ccccc2)n1. The van der Waals surface area contributed by atoms with Crippen molar-refractivity contribution < 1.29 is 0 Å². The fraction of sp³-hybridized carbons (Fsp3) is 0. The molecule has 4 aromatic rings. The number of halogens is 1. The zero-order valence-corrected chi connectivity index (χ0v) is 15.1. The fourth-order valence-electron chi connectivity index (χ4n) is 3.01. The van der Waals surface area contributed by atoms with Crippen LogP contribution in [-0.2, 0) is 0 Å². The minimum Gasteiger partial charge on any atom is -0.240 e. The Morgan fingerprint density at radius 1 is 0.680 bits per heavy atom. The van der Waals surface area contributed by atoms with E-state index in [1.165, 1.54) is 17.0 Å². The van der Waals surface area contributed by atoms with Crippen LogP contribution in [0.1, 0.15) is 16.7 Å². The molecule has 0 bridgehead atoms. The summed E-state index contributed by atoms with van der Waals surface area (Å²) >= 11 is 3.44. The number of aromatic nitrogens is 2. The Balaban J connectivity index is 1.92. The van der Waals surface area contributed by atoms with Gasteiger partial charge in [-0.1, -0.05) is 78.9 Å². The highest BCUT2D eigenvalue weighted by Crippen LogP contribution is 2.34. The molecule has 4 rings (SSSR count). The predicted molar refractivity (Wildman–Crippen MR) is 105 cm³/mol. The Hall–Kier alpha value is -2.65. The number of rotatable bonds is 4. The van der Waals surface area contributed by atoms with Crippen LogP contribution in [0.3, 0.4) is 0 Å². The van der Waals surface area contributed by atoms with Crippen LogP contribution in [0, 0.1) is 5.92 Å². The zero-order chi connectivity index (χ0) is 17.1. The van der Waals surface area contributed by atoms with Gasteiger partial charge >= 0.3 is 0 Å². The van der Waals surface area contributed by atoms with E-state index in [9.17, 15) is 0 Å². The molecule has 0 amide bonds. The molecule has 3 heteroatoms. The van der Waals surface area contributed by atoms with Gasteiger partial charge in [-0.25, -0.2) is 4.68 Å². The Morgan fingerprint density at radius 2 is 1.24 bits per heavy atom. The second-order valence-corrected chi connectivity index (χ2v) is 6.52. The number of hydrogen-bond acceptors (Lipinski definition) is 1. The molecule has 1 radical (unpaired) electrons. The standard InChI is InChI=1S/C22H16BrN2/c23-21-15-16-25(24-21)20-14-8-7-13-19(20)22(17-9-3-1-4-10-17)18-11-5-2-6-12-18/h1-16H. The van der Waals surface area contributed by atoms with Crippen LogP contribution in [0.5, 0.6) is 0 Å². The van der Waals surface area contributed by atoms with Gasteiger partial charge in [-0.3, -0.25) is 0 Å². The molecule has 0 aliphatic carbocycles. The average molecular weight is 388 g/mol. The molecule has 25 heavy (non-hydrogen) atoms. The number of benzene rings is 3. The molecule has 1 aromatic heterocycles. The molecule has 0 aliphatic rings. The van der Waals surface area contributed by atoms with Gasteiger partial charge < -0.3 is 0 Å². The maximum Gasteiger partial charge on any atom is 0.128 e. The summed E-state index contributed by atoms with van der Waals surface area (Å²) in [5.41, 5.74) is 4.58. The van der Waals surface area contributed by atoms with Gasteiger partial charge in [0.25, 0.3) is 0 Å². The third-order valence-electron chi connectivity index (χ3n) is 4.10. The van der Waals surface area contributed by atoms with Crippen LogP contribution in [0.4, 0.5) is 0 Å². The zero-order valence-electron chi connectivity index (χ0n) is 13.5. The van der Waals surface area contributed by atoms with Gasteiger partial charge in [-0.2, -0.15) is 5.10 Å². The molecule has 0 aliphatic heterocycles. The molecule has 0 spiro atoms. The topological polar surface area (TPSA) is 17.8 Å². The summed E-state index contributed by atoms with van der Waals surface area (Å²) in [5, 5.41) is 4.53. The molecule has 3 aromatic carbocycles. The molecule has 2 nitrogen and oxygen atoms in total. The van der Waals surface area contributed by atoms with Crippen molar-refractivity contribution in [3.8, 4) is 5.69 Å². The monoisotopic (exact) mass is 387 g/mol. The molecular formula is C22H16BrN2. The lowest BCUT2D eigenvalue weighted by atomic mass is 9.84. The molecule has 0 N–H and O–H groups in total. The van der Waals surface area contributed by atoms with Gasteiger partial charge in [0.15, 0.2) is 0 Å². The molecule has 0 saturated carbocycles. The lowest BCUT2D eigenvalue weighted by Crippen LogP contribution is -2.09. The highest BCUT2D eigenvalue weighted by Gasteiger charge is 2.21. The van der Waals surface area contributed by atoms with Gasteiger partial charge in [-0.15, -0.1) is 0 Å². The van der Waals surface area contributed by atoms with E-state index in [2.05, 4.69) is 87.8 Å². The summed E-state index contributed by atoms with van der Waals surface area (Å²) in [6.07, 6.45) is 1.97. The van der Waals surface area contributed by atoms with E-state index in [1.54, 1.807) is 0 Å². The number of hydrogen-bond donors (Lipinski definition) is 0. The number of nitrogens with zero attached hydrogens (tertiary/aromatic N) is 2. The van der Waals surface area contributed by atoms with Gasteiger partial charge in [0.2, 0.25) is 0 Å². The summed E-state index contributed by atoms with van der Waals surface area (Å²) in [6, 6.07) is 31.3. The molecule has 0 atom stereocenters. The van der Waals surface area contributed by atoms with Gasteiger partial charge in [-0.05, 0) is 44.8 Å². The van der Waals surface area contributed by atoms with Crippen molar-refractivity contribution in [1.29, 1.82) is 0 Å². The fourth-order valence-corrected chi connectivity index (χ4v) is 3.30. The van der Waals surface area contributed by atoms with Gasteiger partial charge in [0.05, 0.1) is 11.6 Å². The third-order valence-corrected chi connectivity index (χ3v) is 4.52. The molecular weight excluding hydrogens is 372 g/mol. The largest absolute Gasteiger partial charge is 0.240 e. The Labute approximate surface area is 155 Å². The first-order chi connectivity index (χ1) is 12.3. The van der Waals surface area contributed by atoms with Crippen molar-refractivity contribution in [1.82, 2.24) is 9.78 Å². The van der Waals surface area contributed by atoms with Crippen LogP contribution in [0.15, 0.2) is 102 Å². The Kier molecular flexibility index (Phi) is 4.49. The van der Waals surface area contributed by atoms with Crippen molar-refractivity contribution in [2.45, 2.75) is 0 Å². The van der Waals surface area contributed by atoms with Crippen LogP contribution in [-0.4, -0.2) is 9.78 Å². The first kappa shape index (κ1) is 15.9. The first-order valence-electron chi connectivity index (χ1n) is 8.12. The van der Waals surface area contributed by atoms with E-state index in [-0.39, 0.29) is 0 Å². The van der Waals surface area contributed by atoms with E-state index < -0.39 is 0 Å². The second-order valence-electron chi connectivity index (χ2n) is 5.71. The highest BCUT2D eigenvalue weighted by molar-refractivity contribution is 9.10. The molecule has 121 valence electrons. The third kappa shape index (κ3) is 3.28. The van der Waals surface area contributed by atoms with Crippen LogP contribution in [0.25, 0.3) is 5.69 Å². The Morgan fingerprint density at radius 3 is 1.80 bits per heavy atom. The maximum atomic E-state index is 4.53. The van der Waals surface area contributed by atoms with Crippen LogP contribution < -0.4 is 0 Å². The summed E-state index contributed by atoms with van der Waals surface area (Å²) in [5.74, 6) is 1.20. The van der Waals surface area contributed by atoms with Gasteiger partial charge in [0, 0.05) is 6.20 Å². The molecule has 1 heterocycles. The van der Waals surface area contributed by atoms with Crippen molar-refractivity contribution >= 4 is 15.9 Å². The summed E-state index contributed by atoms with van der Waals surface area (Å²) in [7, 11) is 0. The molecule has 0 fully saturated rings. The normalized spacial score (nSPS) is 11.0. The minimum absolute atomic E-state index is 0.822. The molecule has 0 saturated heterocycles. The first-order valence-corrected chi connectivity index (χ1v) is 8.91. The summed E-state index contributed by atoms with van der Waals surface area (Å²) < 4.78 is 2.73. The van der Waals surface area contributed by atoms with Crippen molar-refractivity contribution in [3.05, 3.63) is 124 Å². The lowest BCUT2D eigenvalue weighted by molar-refractivity contribution is 0.861. The van der Waals surface area contributed by atoms with E-state index in [1.807, 2.05) is 35.1 Å². The number of para-hydroxylation sites is 1. The minimum atomic E-state index is 0.822. The highest BCUT2D eigenvalue weighted by atomic mass is 79.9. The summed E-state index contributed by atoms with van der Waals surface area (Å²) in [4.78, 5) is 0. The van der Waals surface area contributed by atoms with Crippen LogP contribution in [0.2, 0.25) is 0 Å². The van der Waals surface area contributed by atoms with E-state index in [4.69, 9.17) is 0 Å². The van der Waals surface area contributed by atoms with Crippen molar-refractivity contribution in [2.75, 3.05) is 0 Å². The van der Waals surface area contributed by atoms with Crippen molar-refractivity contribution in [3.63, 3.8) is 0 Å². The smallest absolute Gasteiger partial charge is 0.128 e. The average Bonchev–Trinajstić information content (AvgIpc) is 3.10. The summed E-state index contributed by atoms with van der Waals surface area (Å²) in [6.45, 7) is 0. The van der Waals surface area contributed by atoms with E-state index in [0.29, 0.717) is 0 Å². The predicted octanol–water partition coefficient (Wildman–Crippen LogP) is 5.65. The van der Waals surface area contributed by atoms with Gasteiger partial charge in [0.1, 0.15) is 4.60 Å². The van der Waals surface area contributed by atoms with Crippen LogP contribution >= 0.6 is 15.9 Å². The second kappa shape index (κ2) is 7.08. The lowest BCUT2D eigenvalue weighted by Gasteiger charge is -2.21. The molecule has 0 unspecified atom stereocenters.